The topological polar surface area (TPSA) is 69.7 Å². The maximum absolute atomic E-state index is 12.6. The second-order valence-corrected chi connectivity index (χ2v) is 5.52. The first-order valence-electron chi connectivity index (χ1n) is 7.25. The van der Waals surface area contributed by atoms with Crippen LogP contribution in [-0.2, 0) is 4.79 Å². The molecule has 0 radical (unpaired) electrons. The van der Waals surface area contributed by atoms with Crippen molar-refractivity contribution in [1.82, 2.24) is 4.90 Å². The van der Waals surface area contributed by atoms with Gasteiger partial charge in [0.1, 0.15) is 5.75 Å². The van der Waals surface area contributed by atoms with Crippen LogP contribution in [-0.4, -0.2) is 30.9 Å². The summed E-state index contributed by atoms with van der Waals surface area (Å²) >= 11 is 0. The predicted molar refractivity (Wildman–Crippen MR) is 82.0 cm³/mol. The highest BCUT2D eigenvalue weighted by molar-refractivity contribution is 6.00. The molecule has 0 spiro atoms. The number of nitrogens with zero attached hydrogens (tertiary/aromatic N) is 1. The van der Waals surface area contributed by atoms with Crippen LogP contribution in [0.15, 0.2) is 48.5 Å². The van der Waals surface area contributed by atoms with Crippen molar-refractivity contribution in [3.05, 3.63) is 65.2 Å². The van der Waals surface area contributed by atoms with Gasteiger partial charge in [0.25, 0.3) is 5.91 Å². The molecule has 0 N–H and O–H groups in total. The second kappa shape index (κ2) is 5.76. The molecule has 0 aromatic heterocycles. The Hall–Kier alpha value is -2.82. The summed E-state index contributed by atoms with van der Waals surface area (Å²) in [6, 6.07) is 13.2. The van der Waals surface area contributed by atoms with Gasteiger partial charge in [-0.2, -0.15) is 0 Å². The van der Waals surface area contributed by atoms with Gasteiger partial charge in [-0.1, -0.05) is 30.3 Å². The van der Waals surface area contributed by atoms with Crippen LogP contribution >= 0.6 is 0 Å². The SMILES string of the molecule is COc1cccc(C2C(C(=O)[O-])c3ccccc3C(=O)N2C)c1. The molecule has 0 fully saturated rings. The number of aliphatic carboxylic acids is 1. The van der Waals surface area contributed by atoms with E-state index in [9.17, 15) is 14.7 Å². The van der Waals surface area contributed by atoms with E-state index in [4.69, 9.17) is 4.74 Å². The fraction of sp³-hybridized carbons (Fsp3) is 0.222. The fourth-order valence-electron chi connectivity index (χ4n) is 3.17. The Bertz CT molecular complexity index is 771. The van der Waals surface area contributed by atoms with E-state index in [1.165, 1.54) is 4.90 Å². The first kappa shape index (κ1) is 15.1. The van der Waals surface area contributed by atoms with Gasteiger partial charge >= 0.3 is 0 Å². The first-order valence-corrected chi connectivity index (χ1v) is 7.25. The molecule has 2 atom stereocenters. The number of carboxylic acid groups (broad SMARTS) is 1. The number of hydrogen-bond donors (Lipinski definition) is 0. The summed E-state index contributed by atoms with van der Waals surface area (Å²) in [5.41, 5.74) is 1.59. The van der Waals surface area contributed by atoms with E-state index < -0.39 is 17.9 Å². The van der Waals surface area contributed by atoms with E-state index in [0.717, 1.165) is 0 Å². The number of hydrogen-bond acceptors (Lipinski definition) is 4. The quantitative estimate of drug-likeness (QED) is 0.858. The molecule has 0 saturated carbocycles. The number of fused-ring (bicyclic) bond motifs is 1. The van der Waals surface area contributed by atoms with E-state index in [-0.39, 0.29) is 5.91 Å². The summed E-state index contributed by atoms with van der Waals surface area (Å²) < 4.78 is 5.21. The van der Waals surface area contributed by atoms with Crippen molar-refractivity contribution in [2.24, 2.45) is 0 Å². The number of carbonyl (C=O) groups excluding carboxylic acids is 2. The van der Waals surface area contributed by atoms with Crippen LogP contribution < -0.4 is 9.84 Å². The van der Waals surface area contributed by atoms with Crippen molar-refractivity contribution in [2.75, 3.05) is 14.2 Å². The zero-order valence-electron chi connectivity index (χ0n) is 12.9. The molecule has 23 heavy (non-hydrogen) atoms. The van der Waals surface area contributed by atoms with Crippen LogP contribution in [0.25, 0.3) is 0 Å². The van der Waals surface area contributed by atoms with E-state index in [2.05, 4.69) is 0 Å². The number of methoxy groups -OCH3 is 1. The van der Waals surface area contributed by atoms with E-state index in [1.54, 1.807) is 62.7 Å². The third-order valence-electron chi connectivity index (χ3n) is 4.27. The third kappa shape index (κ3) is 2.44. The van der Waals surface area contributed by atoms with Crippen molar-refractivity contribution in [2.45, 2.75) is 12.0 Å². The number of carboxylic acids is 1. The zero-order chi connectivity index (χ0) is 16.6. The lowest BCUT2D eigenvalue weighted by molar-refractivity contribution is -0.309. The Labute approximate surface area is 134 Å². The summed E-state index contributed by atoms with van der Waals surface area (Å²) in [4.78, 5) is 25.9. The Morgan fingerprint density at radius 2 is 1.91 bits per heavy atom. The van der Waals surface area contributed by atoms with Crippen LogP contribution in [0.2, 0.25) is 0 Å². The molecule has 5 heteroatoms. The third-order valence-corrected chi connectivity index (χ3v) is 4.27. The van der Waals surface area contributed by atoms with Crippen LogP contribution in [0, 0.1) is 0 Å². The lowest BCUT2D eigenvalue weighted by atomic mass is 9.80. The standard InChI is InChI=1S/C18H17NO4/c1-19-16(11-6-5-7-12(10-11)23-2)15(18(21)22)13-8-3-4-9-14(13)17(19)20/h3-10,15-16H,1-2H3,(H,21,22)/p-1. The molecule has 118 valence electrons. The highest BCUT2D eigenvalue weighted by Gasteiger charge is 2.39. The van der Waals surface area contributed by atoms with Crippen LogP contribution in [0.3, 0.4) is 0 Å². The van der Waals surface area contributed by atoms with Gasteiger partial charge in [0.2, 0.25) is 0 Å². The second-order valence-electron chi connectivity index (χ2n) is 5.52. The lowest BCUT2D eigenvalue weighted by Crippen LogP contribution is -2.46. The van der Waals surface area contributed by atoms with Crippen molar-refractivity contribution >= 4 is 11.9 Å². The Morgan fingerprint density at radius 3 is 2.61 bits per heavy atom. The molecule has 2 aromatic carbocycles. The molecule has 1 heterocycles. The smallest absolute Gasteiger partial charge is 0.254 e. The summed E-state index contributed by atoms with van der Waals surface area (Å²) in [7, 11) is 3.15. The molecule has 0 bridgehead atoms. The maximum Gasteiger partial charge on any atom is 0.254 e. The van der Waals surface area contributed by atoms with E-state index >= 15 is 0 Å². The molecule has 0 aliphatic carbocycles. The van der Waals surface area contributed by atoms with Gasteiger partial charge in [0, 0.05) is 18.5 Å². The largest absolute Gasteiger partial charge is 0.549 e. The molecule has 0 saturated heterocycles. The minimum absolute atomic E-state index is 0.203. The number of likely N-dealkylation sites (N-methyl/N-ethyl adjacent to an activating group) is 1. The number of benzene rings is 2. The number of carbonyl (C=O) groups is 2. The van der Waals surface area contributed by atoms with Gasteiger partial charge < -0.3 is 19.5 Å². The Morgan fingerprint density at radius 1 is 1.17 bits per heavy atom. The lowest BCUT2D eigenvalue weighted by Gasteiger charge is -2.41. The van der Waals surface area contributed by atoms with Gasteiger partial charge in [-0.15, -0.1) is 0 Å². The average Bonchev–Trinajstić information content (AvgIpc) is 2.57. The highest BCUT2D eigenvalue weighted by Crippen LogP contribution is 2.42. The van der Waals surface area contributed by atoms with Gasteiger partial charge in [0.05, 0.1) is 19.1 Å². The Balaban J connectivity index is 2.18. The molecule has 2 unspecified atom stereocenters. The van der Waals surface area contributed by atoms with E-state index in [1.807, 2.05) is 0 Å². The maximum atomic E-state index is 12.6. The zero-order valence-corrected chi connectivity index (χ0v) is 12.9. The molecule has 2 aromatic rings. The normalized spacial score (nSPS) is 20.1. The molecule has 5 nitrogen and oxygen atoms in total. The van der Waals surface area contributed by atoms with Gasteiger partial charge in [0.15, 0.2) is 0 Å². The monoisotopic (exact) mass is 310 g/mol. The van der Waals surface area contributed by atoms with Gasteiger partial charge in [-0.25, -0.2) is 0 Å². The van der Waals surface area contributed by atoms with Gasteiger partial charge in [-0.05, 0) is 29.3 Å². The summed E-state index contributed by atoms with van der Waals surface area (Å²) in [6.07, 6.45) is 0. The number of amides is 1. The molecule has 1 aliphatic rings. The van der Waals surface area contributed by atoms with Crippen LogP contribution in [0.1, 0.15) is 33.4 Å². The van der Waals surface area contributed by atoms with Crippen LogP contribution in [0.4, 0.5) is 0 Å². The minimum atomic E-state index is -1.20. The van der Waals surface area contributed by atoms with Crippen LogP contribution in [0.5, 0.6) is 5.75 Å². The van der Waals surface area contributed by atoms with Crippen molar-refractivity contribution < 1.29 is 19.4 Å². The van der Waals surface area contributed by atoms with Crippen molar-refractivity contribution in [1.29, 1.82) is 0 Å². The van der Waals surface area contributed by atoms with E-state index in [0.29, 0.717) is 22.4 Å². The summed E-state index contributed by atoms with van der Waals surface area (Å²) in [5.74, 6) is -1.73. The molecular formula is C18H16NO4-. The van der Waals surface area contributed by atoms with Crippen molar-refractivity contribution in [3.8, 4) is 5.75 Å². The fourth-order valence-corrected chi connectivity index (χ4v) is 3.17. The number of ether oxygens (including phenoxy) is 1. The first-order chi connectivity index (χ1) is 11.0. The molecular weight excluding hydrogens is 294 g/mol. The summed E-state index contributed by atoms with van der Waals surface area (Å²) in [5, 5.41) is 11.8. The minimum Gasteiger partial charge on any atom is -0.549 e. The highest BCUT2D eigenvalue weighted by atomic mass is 16.5. The molecule has 1 amide bonds. The summed E-state index contributed by atoms with van der Waals surface area (Å²) in [6.45, 7) is 0. The van der Waals surface area contributed by atoms with Crippen molar-refractivity contribution in [3.63, 3.8) is 0 Å². The molecule has 1 aliphatic heterocycles. The predicted octanol–water partition coefficient (Wildman–Crippen LogP) is 1.36. The molecule has 3 rings (SSSR count). The Kier molecular flexibility index (Phi) is 3.78. The number of rotatable bonds is 3. The average molecular weight is 310 g/mol. The van der Waals surface area contributed by atoms with Gasteiger partial charge in [-0.3, -0.25) is 4.79 Å².